The van der Waals surface area contributed by atoms with Gasteiger partial charge in [-0.05, 0) is 24.5 Å². The quantitative estimate of drug-likeness (QED) is 0.900. The SMILES string of the molecule is CN(C(=O)Cc1c[nH]c2ccccc12)C1CCCC1. The first-order valence-electron chi connectivity index (χ1n) is 7.06. The highest BCUT2D eigenvalue weighted by Gasteiger charge is 2.23. The maximum atomic E-state index is 12.4. The van der Waals surface area contributed by atoms with E-state index in [4.69, 9.17) is 0 Å². The highest BCUT2D eigenvalue weighted by Crippen LogP contribution is 2.24. The smallest absolute Gasteiger partial charge is 0.227 e. The summed E-state index contributed by atoms with van der Waals surface area (Å²) in [6.45, 7) is 0. The Hall–Kier alpha value is -1.77. The highest BCUT2D eigenvalue weighted by atomic mass is 16.2. The number of hydrogen-bond acceptors (Lipinski definition) is 1. The molecular weight excluding hydrogens is 236 g/mol. The number of aromatic nitrogens is 1. The number of H-pyrrole nitrogens is 1. The molecule has 0 spiro atoms. The van der Waals surface area contributed by atoms with Gasteiger partial charge in [-0.15, -0.1) is 0 Å². The predicted octanol–water partition coefficient (Wildman–Crippen LogP) is 3.11. The van der Waals surface area contributed by atoms with Crippen LogP contribution in [0.5, 0.6) is 0 Å². The Labute approximate surface area is 113 Å². The summed E-state index contributed by atoms with van der Waals surface area (Å²) in [6.07, 6.45) is 7.30. The topological polar surface area (TPSA) is 36.1 Å². The lowest BCUT2D eigenvalue weighted by atomic mass is 10.1. The largest absolute Gasteiger partial charge is 0.361 e. The second-order valence-electron chi connectivity index (χ2n) is 5.48. The van der Waals surface area contributed by atoms with Crippen LogP contribution < -0.4 is 0 Å². The van der Waals surface area contributed by atoms with Crippen LogP contribution in [-0.4, -0.2) is 28.9 Å². The number of amides is 1. The Balaban J connectivity index is 1.75. The van der Waals surface area contributed by atoms with Crippen molar-refractivity contribution in [3.8, 4) is 0 Å². The summed E-state index contributed by atoms with van der Waals surface area (Å²) >= 11 is 0. The number of aromatic amines is 1. The van der Waals surface area contributed by atoms with Gasteiger partial charge in [0.05, 0.1) is 6.42 Å². The van der Waals surface area contributed by atoms with Gasteiger partial charge in [0, 0.05) is 30.2 Å². The number of fused-ring (bicyclic) bond motifs is 1. The maximum Gasteiger partial charge on any atom is 0.227 e. The average molecular weight is 256 g/mol. The molecular formula is C16H20N2O. The normalized spacial score (nSPS) is 16.1. The summed E-state index contributed by atoms with van der Waals surface area (Å²) in [4.78, 5) is 17.5. The third-order valence-electron chi connectivity index (χ3n) is 4.28. The van der Waals surface area contributed by atoms with E-state index in [1.165, 1.54) is 12.8 Å². The van der Waals surface area contributed by atoms with Crippen LogP contribution in [0.15, 0.2) is 30.5 Å². The second kappa shape index (κ2) is 5.08. The minimum atomic E-state index is 0.233. The standard InChI is InChI=1S/C16H20N2O/c1-18(13-6-2-3-7-13)16(19)10-12-11-17-15-9-5-4-8-14(12)15/h4-5,8-9,11,13,17H,2-3,6-7,10H2,1H3. The van der Waals surface area contributed by atoms with E-state index in [9.17, 15) is 4.79 Å². The van der Waals surface area contributed by atoms with Crippen molar-refractivity contribution in [1.29, 1.82) is 0 Å². The number of para-hydroxylation sites is 1. The Morgan fingerprint density at radius 2 is 2.05 bits per heavy atom. The molecule has 1 saturated carbocycles. The molecule has 1 heterocycles. The van der Waals surface area contributed by atoms with Gasteiger partial charge >= 0.3 is 0 Å². The number of benzene rings is 1. The van der Waals surface area contributed by atoms with E-state index in [0.717, 1.165) is 29.3 Å². The van der Waals surface area contributed by atoms with Crippen LogP contribution in [-0.2, 0) is 11.2 Å². The predicted molar refractivity (Wildman–Crippen MR) is 77.0 cm³/mol. The van der Waals surface area contributed by atoms with E-state index >= 15 is 0 Å². The van der Waals surface area contributed by atoms with Gasteiger partial charge in [0.2, 0.25) is 5.91 Å². The van der Waals surface area contributed by atoms with E-state index in [1.54, 1.807) is 0 Å². The summed E-state index contributed by atoms with van der Waals surface area (Å²) in [5.74, 6) is 0.233. The number of nitrogens with zero attached hydrogens (tertiary/aromatic N) is 1. The summed E-state index contributed by atoms with van der Waals surface area (Å²) in [5, 5.41) is 1.16. The molecule has 3 heteroatoms. The monoisotopic (exact) mass is 256 g/mol. The Kier molecular flexibility index (Phi) is 3.28. The molecule has 3 rings (SSSR count). The van der Waals surface area contributed by atoms with E-state index < -0.39 is 0 Å². The molecule has 1 aliphatic rings. The molecule has 0 aliphatic heterocycles. The summed E-state index contributed by atoms with van der Waals surface area (Å²) in [7, 11) is 1.95. The number of carbonyl (C=O) groups is 1. The van der Waals surface area contributed by atoms with Crippen LogP contribution in [0.4, 0.5) is 0 Å². The van der Waals surface area contributed by atoms with Crippen molar-refractivity contribution in [1.82, 2.24) is 9.88 Å². The molecule has 1 aromatic heterocycles. The zero-order valence-electron chi connectivity index (χ0n) is 11.4. The first kappa shape index (κ1) is 12.3. The fourth-order valence-electron chi connectivity index (χ4n) is 3.06. The second-order valence-corrected chi connectivity index (χ2v) is 5.48. The lowest BCUT2D eigenvalue weighted by Gasteiger charge is -2.24. The lowest BCUT2D eigenvalue weighted by Crippen LogP contribution is -2.36. The summed E-state index contributed by atoms with van der Waals surface area (Å²) < 4.78 is 0. The minimum Gasteiger partial charge on any atom is -0.361 e. The van der Waals surface area contributed by atoms with Gasteiger partial charge in [-0.25, -0.2) is 0 Å². The number of likely N-dealkylation sites (N-methyl/N-ethyl adjacent to an activating group) is 1. The van der Waals surface area contributed by atoms with Crippen molar-refractivity contribution in [2.75, 3.05) is 7.05 Å². The molecule has 100 valence electrons. The minimum absolute atomic E-state index is 0.233. The van der Waals surface area contributed by atoms with Crippen LogP contribution in [0.25, 0.3) is 10.9 Å². The van der Waals surface area contributed by atoms with Gasteiger partial charge in [0.25, 0.3) is 0 Å². The van der Waals surface area contributed by atoms with Crippen molar-refractivity contribution in [3.05, 3.63) is 36.0 Å². The van der Waals surface area contributed by atoms with Crippen molar-refractivity contribution < 1.29 is 4.79 Å². The summed E-state index contributed by atoms with van der Waals surface area (Å²) in [6, 6.07) is 8.60. The molecule has 1 aromatic carbocycles. The molecule has 1 N–H and O–H groups in total. The fourth-order valence-corrected chi connectivity index (χ4v) is 3.06. The Bertz CT molecular complexity index is 581. The van der Waals surface area contributed by atoms with E-state index in [2.05, 4.69) is 11.1 Å². The maximum absolute atomic E-state index is 12.4. The molecule has 0 unspecified atom stereocenters. The molecule has 3 nitrogen and oxygen atoms in total. The van der Waals surface area contributed by atoms with Gasteiger partial charge in [-0.2, -0.15) is 0 Å². The third-order valence-corrected chi connectivity index (χ3v) is 4.28. The molecule has 19 heavy (non-hydrogen) atoms. The fraction of sp³-hybridized carbons (Fsp3) is 0.438. The van der Waals surface area contributed by atoms with Crippen molar-refractivity contribution >= 4 is 16.8 Å². The van der Waals surface area contributed by atoms with Crippen LogP contribution in [0.1, 0.15) is 31.2 Å². The zero-order chi connectivity index (χ0) is 13.2. The van der Waals surface area contributed by atoms with Gasteiger partial charge < -0.3 is 9.88 Å². The molecule has 0 bridgehead atoms. The number of hydrogen-bond donors (Lipinski definition) is 1. The van der Waals surface area contributed by atoms with Crippen LogP contribution in [0.2, 0.25) is 0 Å². The molecule has 2 aromatic rings. The number of rotatable bonds is 3. The molecule has 0 radical (unpaired) electrons. The van der Waals surface area contributed by atoms with Crippen molar-refractivity contribution in [3.63, 3.8) is 0 Å². The van der Waals surface area contributed by atoms with Crippen LogP contribution >= 0.6 is 0 Å². The molecule has 1 fully saturated rings. The highest BCUT2D eigenvalue weighted by molar-refractivity contribution is 5.88. The Morgan fingerprint density at radius 1 is 1.32 bits per heavy atom. The van der Waals surface area contributed by atoms with Gasteiger partial charge in [0.1, 0.15) is 0 Å². The van der Waals surface area contributed by atoms with Gasteiger partial charge in [-0.1, -0.05) is 31.0 Å². The van der Waals surface area contributed by atoms with Gasteiger partial charge in [-0.3, -0.25) is 4.79 Å². The first-order valence-corrected chi connectivity index (χ1v) is 7.06. The first-order chi connectivity index (χ1) is 9.25. The summed E-state index contributed by atoms with van der Waals surface area (Å²) in [5.41, 5.74) is 2.21. The zero-order valence-corrected chi connectivity index (χ0v) is 11.4. The molecule has 1 amide bonds. The molecule has 0 atom stereocenters. The van der Waals surface area contributed by atoms with Gasteiger partial charge in [0.15, 0.2) is 0 Å². The third kappa shape index (κ3) is 2.37. The lowest BCUT2D eigenvalue weighted by molar-refractivity contribution is -0.131. The molecule has 0 saturated heterocycles. The van der Waals surface area contributed by atoms with E-state index in [-0.39, 0.29) is 5.91 Å². The van der Waals surface area contributed by atoms with E-state index in [0.29, 0.717) is 12.5 Å². The van der Waals surface area contributed by atoms with Crippen molar-refractivity contribution in [2.45, 2.75) is 38.1 Å². The Morgan fingerprint density at radius 3 is 2.84 bits per heavy atom. The average Bonchev–Trinajstić information content (AvgIpc) is 3.08. The molecule has 1 aliphatic carbocycles. The number of nitrogens with one attached hydrogen (secondary N) is 1. The van der Waals surface area contributed by atoms with Crippen molar-refractivity contribution in [2.24, 2.45) is 0 Å². The van der Waals surface area contributed by atoms with E-state index in [1.807, 2.05) is 36.3 Å². The number of carbonyl (C=O) groups excluding carboxylic acids is 1. The van der Waals surface area contributed by atoms with Crippen LogP contribution in [0, 0.1) is 0 Å². The van der Waals surface area contributed by atoms with Crippen LogP contribution in [0.3, 0.4) is 0 Å².